The molecule has 2 heteroatoms. The van der Waals surface area contributed by atoms with Crippen molar-refractivity contribution in [2.45, 2.75) is 32.2 Å². The number of carbonyl (C=O) groups excluding carboxylic acids is 1. The summed E-state index contributed by atoms with van der Waals surface area (Å²) >= 11 is 0. The Balaban J connectivity index is 1.91. The molecule has 1 heterocycles. The van der Waals surface area contributed by atoms with Crippen LogP contribution in [0, 0.1) is 5.92 Å². The van der Waals surface area contributed by atoms with Gasteiger partial charge in [0, 0.05) is 30.4 Å². The lowest BCUT2D eigenvalue weighted by atomic mass is 10.1. The third-order valence-corrected chi connectivity index (χ3v) is 2.81. The molecule has 80 valence electrons. The van der Waals surface area contributed by atoms with E-state index in [0.717, 1.165) is 37.8 Å². The van der Waals surface area contributed by atoms with E-state index in [1.54, 1.807) is 0 Å². The molecule has 1 fully saturated rings. The molecule has 1 aromatic rings. The third-order valence-electron chi connectivity index (χ3n) is 2.81. The van der Waals surface area contributed by atoms with Crippen molar-refractivity contribution in [1.29, 1.82) is 0 Å². The average Bonchev–Trinajstić information content (AvgIpc) is 2.98. The third kappa shape index (κ3) is 2.58. The SMILES string of the molecule is C=CCCCn1ccc(C(=O)C2CC2)c1. The quantitative estimate of drug-likeness (QED) is 0.395. The van der Waals surface area contributed by atoms with Crippen LogP contribution in [-0.4, -0.2) is 10.4 Å². The minimum absolute atomic E-state index is 0.328. The largest absolute Gasteiger partial charge is 0.353 e. The van der Waals surface area contributed by atoms with Crippen LogP contribution in [-0.2, 0) is 6.54 Å². The van der Waals surface area contributed by atoms with Gasteiger partial charge in [0.05, 0.1) is 0 Å². The van der Waals surface area contributed by atoms with Gasteiger partial charge in [0.25, 0.3) is 0 Å². The van der Waals surface area contributed by atoms with Crippen molar-refractivity contribution in [3.63, 3.8) is 0 Å². The van der Waals surface area contributed by atoms with Crippen LogP contribution in [0.4, 0.5) is 0 Å². The molecular formula is C13H17NO. The summed E-state index contributed by atoms with van der Waals surface area (Å²) in [7, 11) is 0. The van der Waals surface area contributed by atoms with Gasteiger partial charge in [-0.1, -0.05) is 6.08 Å². The molecule has 0 N–H and O–H groups in total. The van der Waals surface area contributed by atoms with Gasteiger partial charge in [-0.05, 0) is 31.7 Å². The number of hydrogen-bond acceptors (Lipinski definition) is 1. The number of ketones is 1. The van der Waals surface area contributed by atoms with Crippen LogP contribution in [0.3, 0.4) is 0 Å². The standard InChI is InChI=1S/C13H17NO/c1-2-3-4-8-14-9-7-12(10-14)13(15)11-5-6-11/h2,7,9-11H,1,3-6,8H2. The average molecular weight is 203 g/mol. The van der Waals surface area contributed by atoms with Gasteiger partial charge in [0.1, 0.15) is 0 Å². The molecule has 0 atom stereocenters. The zero-order valence-corrected chi connectivity index (χ0v) is 8.98. The summed E-state index contributed by atoms with van der Waals surface area (Å²) in [5.74, 6) is 0.659. The zero-order valence-electron chi connectivity index (χ0n) is 8.98. The van der Waals surface area contributed by atoms with Gasteiger partial charge in [0.2, 0.25) is 0 Å². The summed E-state index contributed by atoms with van der Waals surface area (Å²) in [5, 5.41) is 0. The monoisotopic (exact) mass is 203 g/mol. The number of carbonyl (C=O) groups is 1. The number of Topliss-reactive ketones (excluding diaryl/α,β-unsaturated/α-hetero) is 1. The van der Waals surface area contributed by atoms with E-state index in [0.29, 0.717) is 11.7 Å². The molecule has 0 unspecified atom stereocenters. The lowest BCUT2D eigenvalue weighted by Crippen LogP contribution is -2.00. The fourth-order valence-electron chi connectivity index (χ4n) is 1.73. The van der Waals surface area contributed by atoms with E-state index in [1.165, 1.54) is 0 Å². The van der Waals surface area contributed by atoms with E-state index in [2.05, 4.69) is 11.1 Å². The number of unbranched alkanes of at least 4 members (excludes halogenated alkanes) is 1. The Bertz CT molecular complexity index is 360. The Labute approximate surface area is 90.6 Å². The summed E-state index contributed by atoms with van der Waals surface area (Å²) in [6.45, 7) is 4.67. The summed E-state index contributed by atoms with van der Waals surface area (Å²) in [4.78, 5) is 11.7. The van der Waals surface area contributed by atoms with Crippen molar-refractivity contribution >= 4 is 5.78 Å². The van der Waals surface area contributed by atoms with Crippen LogP contribution in [0.1, 0.15) is 36.0 Å². The maximum absolute atomic E-state index is 11.7. The Hall–Kier alpha value is -1.31. The fraction of sp³-hybridized carbons (Fsp3) is 0.462. The molecule has 0 radical (unpaired) electrons. The number of hydrogen-bond donors (Lipinski definition) is 0. The second-order valence-corrected chi connectivity index (χ2v) is 4.21. The molecule has 0 spiro atoms. The molecular weight excluding hydrogens is 186 g/mol. The van der Waals surface area contributed by atoms with Crippen LogP contribution in [0.25, 0.3) is 0 Å². The predicted octanol–water partition coefficient (Wildman–Crippen LogP) is 3.05. The number of allylic oxidation sites excluding steroid dienone is 1. The van der Waals surface area contributed by atoms with Crippen molar-refractivity contribution in [3.05, 3.63) is 36.7 Å². The Kier molecular flexibility index (Phi) is 3.05. The van der Waals surface area contributed by atoms with Gasteiger partial charge < -0.3 is 4.57 Å². The van der Waals surface area contributed by atoms with E-state index in [4.69, 9.17) is 0 Å². The summed E-state index contributed by atoms with van der Waals surface area (Å²) < 4.78 is 2.10. The summed E-state index contributed by atoms with van der Waals surface area (Å²) in [6, 6.07) is 1.94. The molecule has 2 nitrogen and oxygen atoms in total. The highest BCUT2D eigenvalue weighted by Gasteiger charge is 2.30. The van der Waals surface area contributed by atoms with Crippen LogP contribution in [0.2, 0.25) is 0 Å². The fourth-order valence-corrected chi connectivity index (χ4v) is 1.73. The molecule has 1 aromatic heterocycles. The van der Waals surface area contributed by atoms with Crippen molar-refractivity contribution in [2.75, 3.05) is 0 Å². The second-order valence-electron chi connectivity index (χ2n) is 4.21. The molecule has 1 aliphatic rings. The minimum atomic E-state index is 0.328. The first-order valence-corrected chi connectivity index (χ1v) is 5.62. The van der Waals surface area contributed by atoms with E-state index < -0.39 is 0 Å². The number of rotatable bonds is 6. The Morgan fingerprint density at radius 3 is 3.07 bits per heavy atom. The molecule has 2 rings (SSSR count). The summed E-state index contributed by atoms with van der Waals surface area (Å²) in [6.07, 6.45) is 10.2. The van der Waals surface area contributed by atoms with E-state index >= 15 is 0 Å². The number of aryl methyl sites for hydroxylation is 1. The van der Waals surface area contributed by atoms with Crippen LogP contribution >= 0.6 is 0 Å². The highest BCUT2D eigenvalue weighted by atomic mass is 16.1. The summed E-state index contributed by atoms with van der Waals surface area (Å²) in [5.41, 5.74) is 0.885. The number of aromatic nitrogens is 1. The van der Waals surface area contributed by atoms with Gasteiger partial charge >= 0.3 is 0 Å². The molecule has 0 amide bonds. The minimum Gasteiger partial charge on any atom is -0.353 e. The first kappa shape index (κ1) is 10.2. The van der Waals surface area contributed by atoms with E-state index in [9.17, 15) is 4.79 Å². The second kappa shape index (κ2) is 4.47. The van der Waals surface area contributed by atoms with Crippen LogP contribution < -0.4 is 0 Å². The molecule has 15 heavy (non-hydrogen) atoms. The lowest BCUT2D eigenvalue weighted by Gasteiger charge is -1.99. The maximum Gasteiger partial charge on any atom is 0.167 e. The van der Waals surface area contributed by atoms with Gasteiger partial charge in [-0.25, -0.2) is 0 Å². The molecule has 0 saturated heterocycles. The zero-order chi connectivity index (χ0) is 10.7. The van der Waals surface area contributed by atoms with Gasteiger partial charge in [0.15, 0.2) is 5.78 Å². The molecule has 1 aliphatic carbocycles. The molecule has 0 bridgehead atoms. The molecule has 0 aromatic carbocycles. The Morgan fingerprint density at radius 1 is 1.60 bits per heavy atom. The smallest absolute Gasteiger partial charge is 0.167 e. The maximum atomic E-state index is 11.7. The lowest BCUT2D eigenvalue weighted by molar-refractivity contribution is 0.0967. The predicted molar refractivity (Wildman–Crippen MR) is 60.9 cm³/mol. The van der Waals surface area contributed by atoms with Crippen molar-refractivity contribution < 1.29 is 4.79 Å². The Morgan fingerprint density at radius 2 is 2.40 bits per heavy atom. The first-order chi connectivity index (χ1) is 7.31. The van der Waals surface area contributed by atoms with Gasteiger partial charge in [-0.2, -0.15) is 0 Å². The van der Waals surface area contributed by atoms with Crippen LogP contribution in [0.5, 0.6) is 0 Å². The highest BCUT2D eigenvalue weighted by molar-refractivity contribution is 5.99. The van der Waals surface area contributed by atoms with Crippen molar-refractivity contribution in [3.8, 4) is 0 Å². The van der Waals surface area contributed by atoms with Gasteiger partial charge in [-0.15, -0.1) is 6.58 Å². The normalized spacial score (nSPS) is 15.2. The van der Waals surface area contributed by atoms with Crippen molar-refractivity contribution in [1.82, 2.24) is 4.57 Å². The van der Waals surface area contributed by atoms with E-state index in [1.807, 2.05) is 24.5 Å². The molecule has 0 aliphatic heterocycles. The number of nitrogens with zero attached hydrogens (tertiary/aromatic N) is 1. The highest BCUT2D eigenvalue weighted by Crippen LogP contribution is 2.32. The topological polar surface area (TPSA) is 22.0 Å². The van der Waals surface area contributed by atoms with Crippen LogP contribution in [0.15, 0.2) is 31.1 Å². The van der Waals surface area contributed by atoms with Crippen molar-refractivity contribution in [2.24, 2.45) is 5.92 Å². The first-order valence-electron chi connectivity index (χ1n) is 5.62. The van der Waals surface area contributed by atoms with Gasteiger partial charge in [-0.3, -0.25) is 4.79 Å². The van der Waals surface area contributed by atoms with E-state index in [-0.39, 0.29) is 0 Å². The molecule has 1 saturated carbocycles.